The fourth-order valence-electron chi connectivity index (χ4n) is 2.95. The third-order valence-corrected chi connectivity index (χ3v) is 3.92. The number of ketones is 1. The van der Waals surface area contributed by atoms with Crippen LogP contribution >= 0.6 is 0 Å². The second-order valence-electron chi connectivity index (χ2n) is 4.96. The minimum atomic E-state index is 0.444. The van der Waals surface area contributed by atoms with Gasteiger partial charge in [0, 0.05) is 38.6 Å². The number of piperidine rings is 1. The van der Waals surface area contributed by atoms with Crippen molar-refractivity contribution in [2.24, 2.45) is 0 Å². The van der Waals surface area contributed by atoms with E-state index in [1.54, 1.807) is 0 Å². The van der Waals surface area contributed by atoms with E-state index in [2.05, 4.69) is 11.8 Å². The first-order chi connectivity index (χ1) is 7.79. The van der Waals surface area contributed by atoms with Crippen molar-refractivity contribution in [2.75, 3.05) is 19.7 Å². The average molecular weight is 225 g/mol. The van der Waals surface area contributed by atoms with Crippen LogP contribution in [0.5, 0.6) is 0 Å². The number of ether oxygens (including phenoxy) is 1. The highest BCUT2D eigenvalue weighted by atomic mass is 16.5. The van der Waals surface area contributed by atoms with E-state index < -0.39 is 0 Å². The minimum Gasteiger partial charge on any atom is -0.379 e. The number of likely N-dealkylation sites (tertiary alicyclic amines) is 1. The highest BCUT2D eigenvalue weighted by Gasteiger charge is 2.28. The lowest BCUT2D eigenvalue weighted by Crippen LogP contribution is -2.44. The van der Waals surface area contributed by atoms with Crippen LogP contribution in [0.3, 0.4) is 0 Å². The lowest BCUT2D eigenvalue weighted by molar-refractivity contribution is -0.122. The van der Waals surface area contributed by atoms with Gasteiger partial charge in [-0.1, -0.05) is 0 Å². The molecule has 0 aromatic rings. The first-order valence-electron chi connectivity index (χ1n) is 6.67. The van der Waals surface area contributed by atoms with Crippen LogP contribution in [0.1, 0.15) is 45.4 Å². The van der Waals surface area contributed by atoms with Crippen LogP contribution < -0.4 is 0 Å². The number of rotatable bonds is 3. The average Bonchev–Trinajstić information content (AvgIpc) is 2.32. The predicted octanol–water partition coefficient (Wildman–Crippen LogP) is 2.00. The summed E-state index contributed by atoms with van der Waals surface area (Å²) in [5.74, 6) is 0.444. The van der Waals surface area contributed by atoms with E-state index in [9.17, 15) is 4.79 Å². The van der Waals surface area contributed by atoms with E-state index in [1.165, 1.54) is 25.7 Å². The molecule has 0 amide bonds. The first kappa shape index (κ1) is 12.1. The zero-order valence-electron chi connectivity index (χ0n) is 10.3. The molecule has 92 valence electrons. The Morgan fingerprint density at radius 3 is 2.38 bits per heavy atom. The molecule has 0 unspecified atom stereocenters. The van der Waals surface area contributed by atoms with Gasteiger partial charge in [-0.05, 0) is 32.6 Å². The van der Waals surface area contributed by atoms with Crippen molar-refractivity contribution in [1.29, 1.82) is 0 Å². The van der Waals surface area contributed by atoms with Gasteiger partial charge in [0.15, 0.2) is 0 Å². The van der Waals surface area contributed by atoms with E-state index in [-0.39, 0.29) is 0 Å². The van der Waals surface area contributed by atoms with Gasteiger partial charge in [-0.25, -0.2) is 0 Å². The molecule has 1 aliphatic heterocycles. The molecule has 0 radical (unpaired) electrons. The third-order valence-electron chi connectivity index (χ3n) is 3.92. The standard InChI is InChI=1S/C13H23NO2/c1-2-16-13-5-3-11(4-6-13)14-9-7-12(15)8-10-14/h11,13H,2-10H2,1H3/t11-,13-. The molecule has 0 aromatic carbocycles. The maximum atomic E-state index is 11.2. The minimum absolute atomic E-state index is 0.444. The summed E-state index contributed by atoms with van der Waals surface area (Å²) in [6, 6.07) is 0.713. The van der Waals surface area contributed by atoms with Gasteiger partial charge in [-0.3, -0.25) is 9.69 Å². The molecule has 2 rings (SSSR count). The monoisotopic (exact) mass is 225 g/mol. The Labute approximate surface area is 98.1 Å². The summed E-state index contributed by atoms with van der Waals surface area (Å²) in [5, 5.41) is 0. The van der Waals surface area contributed by atoms with Gasteiger partial charge in [-0.2, -0.15) is 0 Å². The van der Waals surface area contributed by atoms with E-state index in [0.29, 0.717) is 17.9 Å². The molecule has 0 atom stereocenters. The van der Waals surface area contributed by atoms with Crippen LogP contribution in [0, 0.1) is 0 Å². The van der Waals surface area contributed by atoms with Crippen molar-refractivity contribution >= 4 is 5.78 Å². The van der Waals surface area contributed by atoms with Crippen molar-refractivity contribution < 1.29 is 9.53 Å². The number of Topliss-reactive ketones (excluding diaryl/α,β-unsaturated/α-hetero) is 1. The Hall–Kier alpha value is -0.410. The SMILES string of the molecule is CCO[C@H]1CC[C@H](N2CCC(=O)CC2)CC1. The molecular formula is C13H23NO2. The summed E-state index contributed by atoms with van der Waals surface area (Å²) in [6.45, 7) is 4.89. The lowest BCUT2D eigenvalue weighted by Gasteiger charge is -2.38. The maximum Gasteiger partial charge on any atom is 0.135 e. The first-order valence-corrected chi connectivity index (χ1v) is 6.67. The molecular weight excluding hydrogens is 202 g/mol. The van der Waals surface area contributed by atoms with E-state index >= 15 is 0 Å². The second-order valence-corrected chi connectivity index (χ2v) is 4.96. The molecule has 1 aliphatic carbocycles. The summed E-state index contributed by atoms with van der Waals surface area (Å²) in [7, 11) is 0. The van der Waals surface area contributed by atoms with E-state index in [0.717, 1.165) is 32.5 Å². The van der Waals surface area contributed by atoms with Gasteiger partial charge in [0.05, 0.1) is 6.10 Å². The van der Waals surface area contributed by atoms with Crippen molar-refractivity contribution in [3.63, 3.8) is 0 Å². The number of nitrogens with zero attached hydrogens (tertiary/aromatic N) is 1. The topological polar surface area (TPSA) is 29.5 Å². The van der Waals surface area contributed by atoms with Gasteiger partial charge in [0.2, 0.25) is 0 Å². The molecule has 0 spiro atoms. The Balaban J connectivity index is 1.74. The van der Waals surface area contributed by atoms with Crippen molar-refractivity contribution in [3.8, 4) is 0 Å². The molecule has 3 heteroatoms. The largest absolute Gasteiger partial charge is 0.379 e. The number of hydrogen-bond acceptors (Lipinski definition) is 3. The summed E-state index contributed by atoms with van der Waals surface area (Å²) >= 11 is 0. The van der Waals surface area contributed by atoms with E-state index in [4.69, 9.17) is 4.74 Å². The highest BCUT2D eigenvalue weighted by Crippen LogP contribution is 2.26. The van der Waals surface area contributed by atoms with Crippen molar-refractivity contribution in [1.82, 2.24) is 4.90 Å². The second kappa shape index (κ2) is 5.78. The Morgan fingerprint density at radius 2 is 1.81 bits per heavy atom. The van der Waals surface area contributed by atoms with Crippen molar-refractivity contribution in [2.45, 2.75) is 57.6 Å². The molecule has 2 aliphatic rings. The van der Waals surface area contributed by atoms with Crippen LogP contribution in [-0.4, -0.2) is 42.5 Å². The molecule has 1 heterocycles. The van der Waals surface area contributed by atoms with Crippen LogP contribution in [0.15, 0.2) is 0 Å². The molecule has 0 N–H and O–H groups in total. The van der Waals surface area contributed by atoms with E-state index in [1.807, 2.05) is 0 Å². The summed E-state index contributed by atoms with van der Waals surface area (Å²) < 4.78 is 5.66. The number of carbonyl (C=O) groups is 1. The van der Waals surface area contributed by atoms with Crippen LogP contribution in [-0.2, 0) is 9.53 Å². The Morgan fingerprint density at radius 1 is 1.19 bits per heavy atom. The van der Waals surface area contributed by atoms with Crippen LogP contribution in [0.2, 0.25) is 0 Å². The van der Waals surface area contributed by atoms with Crippen LogP contribution in [0.4, 0.5) is 0 Å². The summed E-state index contributed by atoms with van der Waals surface area (Å²) in [4.78, 5) is 13.7. The fourth-order valence-corrected chi connectivity index (χ4v) is 2.95. The summed E-state index contributed by atoms with van der Waals surface area (Å²) in [5.41, 5.74) is 0. The van der Waals surface area contributed by atoms with Gasteiger partial charge < -0.3 is 4.74 Å². The zero-order chi connectivity index (χ0) is 11.4. The number of carbonyl (C=O) groups excluding carboxylic acids is 1. The molecule has 2 fully saturated rings. The molecule has 0 bridgehead atoms. The van der Waals surface area contributed by atoms with Crippen molar-refractivity contribution in [3.05, 3.63) is 0 Å². The quantitative estimate of drug-likeness (QED) is 0.735. The van der Waals surface area contributed by atoms with Gasteiger partial charge in [0.1, 0.15) is 5.78 Å². The zero-order valence-corrected chi connectivity index (χ0v) is 10.3. The highest BCUT2D eigenvalue weighted by molar-refractivity contribution is 5.79. The Bertz CT molecular complexity index is 224. The summed E-state index contributed by atoms with van der Waals surface area (Å²) in [6.07, 6.45) is 6.92. The number of hydrogen-bond donors (Lipinski definition) is 0. The normalized spacial score (nSPS) is 32.9. The molecule has 0 aromatic heterocycles. The molecule has 3 nitrogen and oxygen atoms in total. The fraction of sp³-hybridized carbons (Fsp3) is 0.923. The molecule has 1 saturated heterocycles. The van der Waals surface area contributed by atoms with Gasteiger partial charge in [-0.15, -0.1) is 0 Å². The smallest absolute Gasteiger partial charge is 0.135 e. The molecule has 16 heavy (non-hydrogen) atoms. The molecule has 1 saturated carbocycles. The Kier molecular flexibility index (Phi) is 4.36. The van der Waals surface area contributed by atoms with Gasteiger partial charge in [0.25, 0.3) is 0 Å². The van der Waals surface area contributed by atoms with Crippen LogP contribution in [0.25, 0.3) is 0 Å². The predicted molar refractivity (Wildman–Crippen MR) is 63.5 cm³/mol. The van der Waals surface area contributed by atoms with Gasteiger partial charge >= 0.3 is 0 Å². The maximum absolute atomic E-state index is 11.2. The third kappa shape index (κ3) is 3.05. The lowest BCUT2D eigenvalue weighted by atomic mass is 9.90.